The Labute approximate surface area is 137 Å². The molecular weight excluding hydrogens is 284 g/mol. The zero-order valence-electron chi connectivity index (χ0n) is 13.4. The number of nitrogens with zero attached hydrogens (tertiary/aromatic N) is 2. The van der Waals surface area contributed by atoms with E-state index in [1.165, 1.54) is 5.56 Å². The minimum absolute atomic E-state index is 0.236. The van der Waals surface area contributed by atoms with Crippen molar-refractivity contribution in [2.75, 3.05) is 11.4 Å². The normalized spacial score (nSPS) is 10.8. The Morgan fingerprint density at radius 3 is 2.57 bits per heavy atom. The maximum atomic E-state index is 10.1. The molecule has 0 atom stereocenters. The van der Waals surface area contributed by atoms with Gasteiger partial charge in [0.25, 0.3) is 0 Å². The number of phenolic OH excluding ortho intramolecular Hbond substituents is 1. The Morgan fingerprint density at radius 2 is 1.78 bits per heavy atom. The molecule has 3 heteroatoms. The fourth-order valence-corrected chi connectivity index (χ4v) is 2.72. The number of rotatable bonds is 6. The van der Waals surface area contributed by atoms with Crippen LogP contribution in [0, 0.1) is 0 Å². The second-order valence-electron chi connectivity index (χ2n) is 5.78. The highest BCUT2D eigenvalue weighted by molar-refractivity contribution is 5.85. The molecule has 3 rings (SSSR count). The van der Waals surface area contributed by atoms with Crippen LogP contribution in [0.3, 0.4) is 0 Å². The van der Waals surface area contributed by atoms with Crippen molar-refractivity contribution in [1.29, 1.82) is 0 Å². The van der Waals surface area contributed by atoms with E-state index in [1.54, 1.807) is 6.07 Å². The first-order valence-electron chi connectivity index (χ1n) is 8.15. The summed E-state index contributed by atoms with van der Waals surface area (Å²) in [6.07, 6.45) is 2.26. The maximum Gasteiger partial charge on any atom is 0.141 e. The van der Waals surface area contributed by atoms with Crippen LogP contribution in [0.5, 0.6) is 5.75 Å². The molecule has 0 spiro atoms. The van der Waals surface area contributed by atoms with Gasteiger partial charge >= 0.3 is 0 Å². The molecule has 23 heavy (non-hydrogen) atoms. The summed E-state index contributed by atoms with van der Waals surface area (Å²) in [4.78, 5) is 6.98. The third kappa shape index (κ3) is 3.62. The van der Waals surface area contributed by atoms with E-state index in [-0.39, 0.29) is 5.75 Å². The molecule has 1 heterocycles. The number of unbranched alkanes of at least 4 members (excludes halogenated alkanes) is 1. The minimum atomic E-state index is 0.236. The van der Waals surface area contributed by atoms with Crippen molar-refractivity contribution in [1.82, 2.24) is 4.98 Å². The van der Waals surface area contributed by atoms with E-state index in [2.05, 4.69) is 36.1 Å². The first-order chi connectivity index (χ1) is 11.3. The van der Waals surface area contributed by atoms with Crippen LogP contribution in [0.25, 0.3) is 10.9 Å². The van der Waals surface area contributed by atoms with Gasteiger partial charge in [0.15, 0.2) is 0 Å². The molecule has 0 amide bonds. The second kappa shape index (κ2) is 7.14. The number of anilines is 1. The number of hydrogen-bond donors (Lipinski definition) is 1. The molecule has 2 aromatic carbocycles. The predicted octanol–water partition coefficient (Wildman–Crippen LogP) is 4.75. The van der Waals surface area contributed by atoms with E-state index in [0.29, 0.717) is 5.52 Å². The number of hydrogen-bond acceptors (Lipinski definition) is 3. The van der Waals surface area contributed by atoms with Crippen molar-refractivity contribution in [3.05, 3.63) is 66.2 Å². The summed E-state index contributed by atoms with van der Waals surface area (Å²) >= 11 is 0. The van der Waals surface area contributed by atoms with Crippen LogP contribution >= 0.6 is 0 Å². The van der Waals surface area contributed by atoms with Crippen molar-refractivity contribution in [3.63, 3.8) is 0 Å². The SMILES string of the molecule is CCCCN(Cc1ccccc1)c1ccc2cccc(O)c2n1. The van der Waals surface area contributed by atoms with Crippen LogP contribution in [0.1, 0.15) is 25.3 Å². The third-order valence-electron chi connectivity index (χ3n) is 4.01. The van der Waals surface area contributed by atoms with Crippen molar-refractivity contribution in [2.45, 2.75) is 26.3 Å². The lowest BCUT2D eigenvalue weighted by Gasteiger charge is -2.24. The Kier molecular flexibility index (Phi) is 4.77. The molecule has 1 aromatic heterocycles. The lowest BCUT2D eigenvalue weighted by atomic mass is 10.1. The van der Waals surface area contributed by atoms with Crippen molar-refractivity contribution in [3.8, 4) is 5.75 Å². The summed E-state index contributed by atoms with van der Waals surface area (Å²) in [5.41, 5.74) is 1.93. The first-order valence-corrected chi connectivity index (χ1v) is 8.15. The summed E-state index contributed by atoms with van der Waals surface area (Å²) in [6.45, 7) is 3.98. The van der Waals surface area contributed by atoms with Crippen molar-refractivity contribution >= 4 is 16.7 Å². The van der Waals surface area contributed by atoms with E-state index >= 15 is 0 Å². The average molecular weight is 306 g/mol. The van der Waals surface area contributed by atoms with Gasteiger partial charge < -0.3 is 10.0 Å². The second-order valence-corrected chi connectivity index (χ2v) is 5.78. The molecule has 3 nitrogen and oxygen atoms in total. The minimum Gasteiger partial charge on any atom is -0.506 e. The summed E-state index contributed by atoms with van der Waals surface area (Å²) in [5, 5.41) is 11.0. The number of pyridine rings is 1. The van der Waals surface area contributed by atoms with Crippen LogP contribution in [-0.4, -0.2) is 16.6 Å². The van der Waals surface area contributed by atoms with E-state index < -0.39 is 0 Å². The fourth-order valence-electron chi connectivity index (χ4n) is 2.72. The zero-order valence-corrected chi connectivity index (χ0v) is 13.4. The number of fused-ring (bicyclic) bond motifs is 1. The number of phenols is 1. The van der Waals surface area contributed by atoms with E-state index in [0.717, 1.165) is 37.1 Å². The molecule has 0 aliphatic heterocycles. The lowest BCUT2D eigenvalue weighted by molar-refractivity contribution is 0.480. The van der Waals surface area contributed by atoms with Gasteiger partial charge in [-0.25, -0.2) is 4.98 Å². The topological polar surface area (TPSA) is 36.4 Å². The van der Waals surface area contributed by atoms with Crippen LogP contribution in [0.2, 0.25) is 0 Å². The monoisotopic (exact) mass is 306 g/mol. The quantitative estimate of drug-likeness (QED) is 0.714. The summed E-state index contributed by atoms with van der Waals surface area (Å²) in [5.74, 6) is 1.15. The molecule has 1 N–H and O–H groups in total. The van der Waals surface area contributed by atoms with Gasteiger partial charge in [0.1, 0.15) is 17.1 Å². The molecule has 0 aliphatic rings. The molecule has 0 saturated heterocycles. The van der Waals surface area contributed by atoms with Crippen molar-refractivity contribution < 1.29 is 5.11 Å². The molecule has 3 aromatic rings. The highest BCUT2D eigenvalue weighted by Crippen LogP contribution is 2.26. The maximum absolute atomic E-state index is 10.1. The van der Waals surface area contributed by atoms with Crippen molar-refractivity contribution in [2.24, 2.45) is 0 Å². The number of para-hydroxylation sites is 1. The first kappa shape index (κ1) is 15.3. The van der Waals surface area contributed by atoms with E-state index in [9.17, 15) is 5.11 Å². The molecule has 0 bridgehead atoms. The van der Waals surface area contributed by atoms with Gasteiger partial charge in [0, 0.05) is 18.5 Å². The standard InChI is InChI=1S/C20H22N2O/c1-2-3-14-22(15-16-8-5-4-6-9-16)19-13-12-17-10-7-11-18(23)20(17)21-19/h4-13,23H,2-3,14-15H2,1H3. The molecule has 0 saturated carbocycles. The zero-order chi connectivity index (χ0) is 16.1. The average Bonchev–Trinajstić information content (AvgIpc) is 2.60. The van der Waals surface area contributed by atoms with Gasteiger partial charge in [-0.05, 0) is 30.2 Å². The largest absolute Gasteiger partial charge is 0.506 e. The molecule has 0 radical (unpaired) electrons. The molecule has 0 unspecified atom stereocenters. The smallest absolute Gasteiger partial charge is 0.141 e. The Balaban J connectivity index is 1.93. The van der Waals surface area contributed by atoms with Gasteiger partial charge in [-0.1, -0.05) is 55.8 Å². The third-order valence-corrected chi connectivity index (χ3v) is 4.01. The van der Waals surface area contributed by atoms with Gasteiger partial charge in [-0.2, -0.15) is 0 Å². The lowest BCUT2D eigenvalue weighted by Crippen LogP contribution is -2.24. The highest BCUT2D eigenvalue weighted by atomic mass is 16.3. The fraction of sp³-hybridized carbons (Fsp3) is 0.250. The van der Waals surface area contributed by atoms with Gasteiger partial charge in [-0.15, -0.1) is 0 Å². The Morgan fingerprint density at radius 1 is 0.957 bits per heavy atom. The van der Waals surface area contributed by atoms with Crippen LogP contribution < -0.4 is 4.90 Å². The molecular formula is C20H22N2O. The van der Waals surface area contributed by atoms with Gasteiger partial charge in [0.05, 0.1) is 0 Å². The summed E-state index contributed by atoms with van der Waals surface area (Å²) in [7, 11) is 0. The van der Waals surface area contributed by atoms with Gasteiger partial charge in [-0.3, -0.25) is 0 Å². The Bertz CT molecular complexity index is 771. The molecule has 118 valence electrons. The van der Waals surface area contributed by atoms with Crippen LogP contribution in [-0.2, 0) is 6.54 Å². The number of benzene rings is 2. The predicted molar refractivity (Wildman–Crippen MR) is 95.8 cm³/mol. The van der Waals surface area contributed by atoms with Crippen LogP contribution in [0.15, 0.2) is 60.7 Å². The highest BCUT2D eigenvalue weighted by Gasteiger charge is 2.10. The number of aromatic nitrogens is 1. The molecule has 0 aliphatic carbocycles. The van der Waals surface area contributed by atoms with E-state index in [4.69, 9.17) is 4.98 Å². The Hall–Kier alpha value is -2.55. The van der Waals surface area contributed by atoms with Gasteiger partial charge in [0.2, 0.25) is 0 Å². The summed E-state index contributed by atoms with van der Waals surface area (Å²) < 4.78 is 0. The number of aromatic hydroxyl groups is 1. The summed E-state index contributed by atoms with van der Waals surface area (Å²) in [6, 6.07) is 20.0. The van der Waals surface area contributed by atoms with Crippen LogP contribution in [0.4, 0.5) is 5.82 Å². The van der Waals surface area contributed by atoms with E-state index in [1.807, 2.05) is 30.3 Å². The molecule has 0 fully saturated rings.